The van der Waals surface area contributed by atoms with E-state index in [2.05, 4.69) is 30.7 Å². The van der Waals surface area contributed by atoms with Gasteiger partial charge in [0.15, 0.2) is 0 Å². The van der Waals surface area contributed by atoms with Crippen molar-refractivity contribution in [3.8, 4) is 0 Å². The smallest absolute Gasteiger partial charge is 0.0239 e. The first-order valence-electron chi connectivity index (χ1n) is 7.11. The molecule has 0 spiro atoms. The fourth-order valence-corrected chi connectivity index (χ4v) is 3.01. The number of rotatable bonds is 4. The number of allylic oxidation sites excluding steroid dienone is 2. The molecular weight excluding hydrogens is 218 g/mol. The minimum atomic E-state index is 0.722. The van der Waals surface area contributed by atoms with Crippen LogP contribution >= 0.6 is 0 Å². The van der Waals surface area contributed by atoms with Gasteiger partial charge in [0.05, 0.1) is 0 Å². The monoisotopic (exact) mass is 245 g/mol. The van der Waals surface area contributed by atoms with E-state index in [1.807, 2.05) is 26.0 Å². The summed E-state index contributed by atoms with van der Waals surface area (Å²) in [6.07, 6.45) is 10.9. The molecule has 0 aromatic heterocycles. The zero-order valence-corrected chi connectivity index (χ0v) is 12.0. The van der Waals surface area contributed by atoms with E-state index in [9.17, 15) is 0 Å². The highest BCUT2D eigenvalue weighted by Crippen LogP contribution is 2.37. The molecule has 2 heterocycles. The predicted molar refractivity (Wildman–Crippen MR) is 81.7 cm³/mol. The summed E-state index contributed by atoms with van der Waals surface area (Å²) >= 11 is 0. The number of piperidine rings is 1. The minimum Gasteiger partial charge on any atom is -0.293 e. The highest BCUT2D eigenvalue weighted by molar-refractivity contribution is 5.24. The Morgan fingerprint density at radius 3 is 2.22 bits per heavy atom. The van der Waals surface area contributed by atoms with E-state index in [-0.39, 0.29) is 0 Å². The van der Waals surface area contributed by atoms with Crippen molar-refractivity contribution in [3.05, 3.63) is 49.1 Å². The molecule has 0 aromatic carbocycles. The normalized spacial score (nSPS) is 27.4. The van der Waals surface area contributed by atoms with Gasteiger partial charge in [0.1, 0.15) is 0 Å². The number of nitrogens with zero attached hydrogens (tertiary/aromatic N) is 1. The second-order valence-corrected chi connectivity index (χ2v) is 4.90. The fourth-order valence-electron chi connectivity index (χ4n) is 3.01. The van der Waals surface area contributed by atoms with Crippen molar-refractivity contribution in [1.82, 2.24) is 4.90 Å². The Morgan fingerprint density at radius 2 is 1.78 bits per heavy atom. The average molecular weight is 245 g/mol. The van der Waals surface area contributed by atoms with Gasteiger partial charge >= 0.3 is 0 Å². The van der Waals surface area contributed by atoms with Crippen LogP contribution in [0.25, 0.3) is 0 Å². The van der Waals surface area contributed by atoms with Crippen molar-refractivity contribution < 1.29 is 0 Å². The molecule has 2 rings (SSSR count). The largest absolute Gasteiger partial charge is 0.293 e. The SMILES string of the molecule is C=C/C=C(\C=C)CN1C2CC[C@@H]1CC(=C)C2.CC. The predicted octanol–water partition coefficient (Wildman–Crippen LogP) is 4.49. The van der Waals surface area contributed by atoms with Crippen LogP contribution in [0.15, 0.2) is 49.1 Å². The summed E-state index contributed by atoms with van der Waals surface area (Å²) < 4.78 is 0. The van der Waals surface area contributed by atoms with Crippen LogP contribution in [0, 0.1) is 0 Å². The molecule has 2 atom stereocenters. The quantitative estimate of drug-likeness (QED) is 0.521. The topological polar surface area (TPSA) is 3.24 Å². The summed E-state index contributed by atoms with van der Waals surface area (Å²) in [7, 11) is 0. The van der Waals surface area contributed by atoms with Gasteiger partial charge in [-0.3, -0.25) is 4.90 Å². The lowest BCUT2D eigenvalue weighted by atomic mass is 9.97. The van der Waals surface area contributed by atoms with E-state index < -0.39 is 0 Å². The molecule has 1 heteroatoms. The van der Waals surface area contributed by atoms with Crippen LogP contribution in [0.2, 0.25) is 0 Å². The molecule has 2 bridgehead atoms. The van der Waals surface area contributed by atoms with E-state index in [1.165, 1.54) is 36.8 Å². The van der Waals surface area contributed by atoms with Crippen LogP contribution in [-0.2, 0) is 0 Å². The molecule has 0 saturated carbocycles. The van der Waals surface area contributed by atoms with Crippen LogP contribution in [-0.4, -0.2) is 23.5 Å². The molecule has 2 saturated heterocycles. The maximum Gasteiger partial charge on any atom is 0.0239 e. The number of fused-ring (bicyclic) bond motifs is 2. The van der Waals surface area contributed by atoms with Gasteiger partial charge in [0, 0.05) is 18.6 Å². The Balaban J connectivity index is 0.000000771. The third-order valence-electron chi connectivity index (χ3n) is 3.78. The van der Waals surface area contributed by atoms with Gasteiger partial charge < -0.3 is 0 Å². The van der Waals surface area contributed by atoms with Gasteiger partial charge in [0.2, 0.25) is 0 Å². The van der Waals surface area contributed by atoms with Crippen molar-refractivity contribution in [1.29, 1.82) is 0 Å². The molecule has 18 heavy (non-hydrogen) atoms. The Labute approximate surface area is 113 Å². The summed E-state index contributed by atoms with van der Waals surface area (Å²) in [6, 6.07) is 1.44. The van der Waals surface area contributed by atoms with Crippen molar-refractivity contribution in [2.24, 2.45) is 0 Å². The van der Waals surface area contributed by atoms with Crippen molar-refractivity contribution in [3.63, 3.8) is 0 Å². The van der Waals surface area contributed by atoms with Crippen molar-refractivity contribution in [2.45, 2.75) is 51.6 Å². The highest BCUT2D eigenvalue weighted by Gasteiger charge is 2.37. The Bertz CT molecular complexity index is 322. The molecule has 1 nitrogen and oxygen atoms in total. The second kappa shape index (κ2) is 7.38. The summed E-state index contributed by atoms with van der Waals surface area (Å²) in [5.74, 6) is 0. The lowest BCUT2D eigenvalue weighted by Crippen LogP contribution is -2.41. The van der Waals surface area contributed by atoms with Gasteiger partial charge in [-0.1, -0.05) is 57.4 Å². The first-order valence-corrected chi connectivity index (χ1v) is 7.11. The van der Waals surface area contributed by atoms with Gasteiger partial charge in [-0.25, -0.2) is 0 Å². The Morgan fingerprint density at radius 1 is 1.22 bits per heavy atom. The van der Waals surface area contributed by atoms with Gasteiger partial charge in [0.25, 0.3) is 0 Å². The van der Waals surface area contributed by atoms with Gasteiger partial charge in [-0.05, 0) is 31.3 Å². The minimum absolute atomic E-state index is 0.722. The molecule has 0 aromatic rings. The third-order valence-corrected chi connectivity index (χ3v) is 3.78. The van der Waals surface area contributed by atoms with Crippen molar-refractivity contribution >= 4 is 0 Å². The lowest BCUT2D eigenvalue weighted by molar-refractivity contribution is 0.183. The second-order valence-electron chi connectivity index (χ2n) is 4.90. The zero-order chi connectivity index (χ0) is 13.5. The Hall–Kier alpha value is -1.08. The van der Waals surface area contributed by atoms with Crippen LogP contribution in [0.3, 0.4) is 0 Å². The van der Waals surface area contributed by atoms with Gasteiger partial charge in [-0.2, -0.15) is 0 Å². The molecule has 2 fully saturated rings. The first kappa shape index (κ1) is 15.0. The van der Waals surface area contributed by atoms with Crippen LogP contribution in [0.1, 0.15) is 39.5 Å². The molecule has 1 unspecified atom stereocenters. The van der Waals surface area contributed by atoms with Crippen molar-refractivity contribution in [2.75, 3.05) is 6.54 Å². The standard InChI is InChI=1S/C15H21N.C2H6/c1-4-6-13(5-2)11-16-14-7-8-15(16)10-12(3)9-14;1-2/h4-6,14-15H,1-3,7-11H2;1-2H3/b13-6+;/t14-,15?;/m1./s1. The van der Waals surface area contributed by atoms with Crippen LogP contribution < -0.4 is 0 Å². The number of hydrogen-bond donors (Lipinski definition) is 0. The maximum atomic E-state index is 4.15. The maximum absolute atomic E-state index is 4.15. The molecule has 0 aliphatic carbocycles. The van der Waals surface area contributed by atoms with E-state index in [0.717, 1.165) is 18.6 Å². The molecule has 2 aliphatic rings. The van der Waals surface area contributed by atoms with E-state index >= 15 is 0 Å². The summed E-state index contributed by atoms with van der Waals surface area (Å²) in [4.78, 5) is 2.63. The number of hydrogen-bond acceptors (Lipinski definition) is 1. The summed E-state index contributed by atoms with van der Waals surface area (Å²) in [5, 5.41) is 0. The van der Waals surface area contributed by atoms with E-state index in [4.69, 9.17) is 0 Å². The van der Waals surface area contributed by atoms with E-state index in [1.54, 1.807) is 0 Å². The van der Waals surface area contributed by atoms with Gasteiger partial charge in [-0.15, -0.1) is 0 Å². The summed E-state index contributed by atoms with van der Waals surface area (Å²) in [6.45, 7) is 16.8. The zero-order valence-electron chi connectivity index (χ0n) is 12.0. The molecule has 2 aliphatic heterocycles. The van der Waals surface area contributed by atoms with E-state index in [0.29, 0.717) is 0 Å². The lowest BCUT2D eigenvalue weighted by Gasteiger charge is -2.36. The molecule has 0 N–H and O–H groups in total. The molecule has 0 radical (unpaired) electrons. The highest BCUT2D eigenvalue weighted by atomic mass is 15.2. The fraction of sp³-hybridized carbons (Fsp3) is 0.529. The third kappa shape index (κ3) is 3.46. The van der Waals surface area contributed by atoms with Crippen LogP contribution in [0.5, 0.6) is 0 Å². The van der Waals surface area contributed by atoms with Crippen LogP contribution in [0.4, 0.5) is 0 Å². The molecule has 0 amide bonds. The first-order chi connectivity index (χ1) is 8.74. The molecular formula is C17H27N. The average Bonchev–Trinajstić information content (AvgIpc) is 2.63. The molecule has 100 valence electrons. The summed E-state index contributed by atoms with van der Waals surface area (Å²) in [5.41, 5.74) is 2.72. The Kier molecular flexibility index (Phi) is 6.14.